The predicted molar refractivity (Wildman–Crippen MR) is 71.9 cm³/mol. The molecule has 1 rings (SSSR count). The molecule has 0 aliphatic carbocycles. The van der Waals surface area contributed by atoms with Gasteiger partial charge >= 0.3 is 11.9 Å². The molecule has 104 valence electrons. The molecule has 0 bridgehead atoms. The molecule has 4 heteroatoms. The van der Waals surface area contributed by atoms with Gasteiger partial charge in [0.1, 0.15) is 5.60 Å². The van der Waals surface area contributed by atoms with E-state index in [0.717, 1.165) is 5.56 Å². The van der Waals surface area contributed by atoms with Crippen molar-refractivity contribution in [2.45, 2.75) is 39.2 Å². The van der Waals surface area contributed by atoms with Gasteiger partial charge in [-0.2, -0.15) is 0 Å². The van der Waals surface area contributed by atoms with Gasteiger partial charge in [-0.15, -0.1) is 0 Å². The van der Waals surface area contributed by atoms with Crippen LogP contribution in [-0.4, -0.2) is 24.6 Å². The first-order valence-corrected chi connectivity index (χ1v) is 6.21. The second kappa shape index (κ2) is 6.36. The number of carbonyl (C=O) groups excluding carboxylic acids is 2. The molecule has 0 saturated carbocycles. The SMILES string of the molecule is COC(=O)c1cccc(CCC(=O)OC(C)(C)C)c1. The summed E-state index contributed by atoms with van der Waals surface area (Å²) in [7, 11) is 1.34. The third-order valence-electron chi connectivity index (χ3n) is 2.39. The maximum atomic E-state index is 11.6. The normalized spacial score (nSPS) is 10.9. The highest BCUT2D eigenvalue weighted by Crippen LogP contribution is 2.12. The Morgan fingerprint density at radius 3 is 2.47 bits per heavy atom. The number of ether oxygens (including phenoxy) is 2. The van der Waals surface area contributed by atoms with Gasteiger partial charge in [0.15, 0.2) is 0 Å². The lowest BCUT2D eigenvalue weighted by Gasteiger charge is -2.19. The summed E-state index contributed by atoms with van der Waals surface area (Å²) in [5, 5.41) is 0. The van der Waals surface area contributed by atoms with Gasteiger partial charge < -0.3 is 9.47 Å². The highest BCUT2D eigenvalue weighted by molar-refractivity contribution is 5.89. The van der Waals surface area contributed by atoms with Gasteiger partial charge in [-0.1, -0.05) is 12.1 Å². The average Bonchev–Trinajstić information content (AvgIpc) is 2.34. The smallest absolute Gasteiger partial charge is 0.337 e. The third kappa shape index (κ3) is 5.55. The summed E-state index contributed by atoms with van der Waals surface area (Å²) >= 11 is 0. The minimum absolute atomic E-state index is 0.240. The molecule has 0 aliphatic rings. The Morgan fingerprint density at radius 1 is 1.21 bits per heavy atom. The van der Waals surface area contributed by atoms with Crippen LogP contribution in [0.1, 0.15) is 43.1 Å². The van der Waals surface area contributed by atoms with E-state index in [1.54, 1.807) is 18.2 Å². The van der Waals surface area contributed by atoms with Crippen molar-refractivity contribution in [2.75, 3.05) is 7.11 Å². The summed E-state index contributed by atoms with van der Waals surface area (Å²) in [6.07, 6.45) is 0.835. The first-order valence-electron chi connectivity index (χ1n) is 6.21. The molecule has 0 unspecified atom stereocenters. The standard InChI is InChI=1S/C15H20O4/c1-15(2,3)19-13(16)9-8-11-6-5-7-12(10-11)14(17)18-4/h5-7,10H,8-9H2,1-4H3. The van der Waals surface area contributed by atoms with Crippen LogP contribution in [0.4, 0.5) is 0 Å². The largest absolute Gasteiger partial charge is 0.465 e. The van der Waals surface area contributed by atoms with Crippen molar-refractivity contribution in [1.82, 2.24) is 0 Å². The molecule has 4 nitrogen and oxygen atoms in total. The van der Waals surface area contributed by atoms with Crippen molar-refractivity contribution in [3.8, 4) is 0 Å². The number of aryl methyl sites for hydroxylation is 1. The molecule has 1 aromatic rings. The van der Waals surface area contributed by atoms with Crippen LogP contribution in [0.2, 0.25) is 0 Å². The van der Waals surface area contributed by atoms with Gasteiger partial charge in [-0.25, -0.2) is 4.79 Å². The summed E-state index contributed by atoms with van der Waals surface area (Å²) in [5.74, 6) is -0.616. The number of methoxy groups -OCH3 is 1. The van der Waals surface area contributed by atoms with Crippen molar-refractivity contribution in [1.29, 1.82) is 0 Å². The third-order valence-corrected chi connectivity index (χ3v) is 2.39. The number of carbonyl (C=O) groups is 2. The molecule has 0 heterocycles. The van der Waals surface area contributed by atoms with E-state index in [4.69, 9.17) is 4.74 Å². The van der Waals surface area contributed by atoms with E-state index < -0.39 is 5.60 Å². The van der Waals surface area contributed by atoms with Crippen LogP contribution in [0.25, 0.3) is 0 Å². The van der Waals surface area contributed by atoms with Gasteiger partial charge in [0.2, 0.25) is 0 Å². The Balaban J connectivity index is 2.59. The summed E-state index contributed by atoms with van der Waals surface area (Å²) in [6, 6.07) is 7.06. The minimum Gasteiger partial charge on any atom is -0.465 e. The molecule has 0 aromatic heterocycles. The van der Waals surface area contributed by atoms with Crippen molar-refractivity contribution in [2.24, 2.45) is 0 Å². The van der Waals surface area contributed by atoms with Crippen LogP contribution >= 0.6 is 0 Å². The van der Waals surface area contributed by atoms with Crippen LogP contribution in [0, 0.1) is 0 Å². The maximum absolute atomic E-state index is 11.6. The van der Waals surface area contributed by atoms with Gasteiger partial charge in [0.25, 0.3) is 0 Å². The number of benzene rings is 1. The van der Waals surface area contributed by atoms with Crippen molar-refractivity contribution >= 4 is 11.9 Å². The van der Waals surface area contributed by atoms with Crippen LogP contribution in [0.15, 0.2) is 24.3 Å². The van der Waals surface area contributed by atoms with Crippen LogP contribution < -0.4 is 0 Å². The van der Waals surface area contributed by atoms with Gasteiger partial charge in [-0.3, -0.25) is 4.79 Å². The highest BCUT2D eigenvalue weighted by Gasteiger charge is 2.16. The van der Waals surface area contributed by atoms with Crippen molar-refractivity contribution in [3.05, 3.63) is 35.4 Å². The maximum Gasteiger partial charge on any atom is 0.337 e. The van der Waals surface area contributed by atoms with E-state index in [1.807, 2.05) is 26.8 Å². The Kier molecular flexibility index (Phi) is 5.10. The number of rotatable bonds is 4. The van der Waals surface area contributed by atoms with E-state index in [-0.39, 0.29) is 11.9 Å². The molecule has 19 heavy (non-hydrogen) atoms. The zero-order chi connectivity index (χ0) is 14.5. The van der Waals surface area contributed by atoms with E-state index >= 15 is 0 Å². The molecule has 1 aromatic carbocycles. The quantitative estimate of drug-likeness (QED) is 0.785. The van der Waals surface area contributed by atoms with Crippen LogP contribution in [-0.2, 0) is 20.7 Å². The Bertz CT molecular complexity index is 457. The molecule has 0 spiro atoms. The van der Waals surface area contributed by atoms with Crippen molar-refractivity contribution < 1.29 is 19.1 Å². The zero-order valence-electron chi connectivity index (χ0n) is 11.9. The second-order valence-electron chi connectivity index (χ2n) is 5.28. The van der Waals surface area contributed by atoms with E-state index in [1.165, 1.54) is 7.11 Å². The van der Waals surface area contributed by atoms with Crippen LogP contribution in [0.3, 0.4) is 0 Å². The number of esters is 2. The molecular formula is C15H20O4. The first kappa shape index (κ1) is 15.2. The van der Waals surface area contributed by atoms with E-state index in [9.17, 15) is 9.59 Å². The first-order chi connectivity index (χ1) is 8.81. The number of hydrogen-bond acceptors (Lipinski definition) is 4. The average molecular weight is 264 g/mol. The molecule has 0 aliphatic heterocycles. The summed E-state index contributed by atoms with van der Waals surface area (Å²) in [5.41, 5.74) is 0.934. The Hall–Kier alpha value is -1.84. The number of hydrogen-bond donors (Lipinski definition) is 0. The Morgan fingerprint density at radius 2 is 1.89 bits per heavy atom. The van der Waals surface area contributed by atoms with Crippen LogP contribution in [0.5, 0.6) is 0 Å². The Labute approximate surface area is 113 Å². The van der Waals surface area contributed by atoms with Gasteiger partial charge in [0, 0.05) is 6.42 Å². The highest BCUT2D eigenvalue weighted by atomic mass is 16.6. The summed E-state index contributed by atoms with van der Waals surface area (Å²) < 4.78 is 9.88. The molecule has 0 radical (unpaired) electrons. The lowest BCUT2D eigenvalue weighted by atomic mass is 10.1. The molecular weight excluding hydrogens is 244 g/mol. The molecule has 0 saturated heterocycles. The molecule has 0 N–H and O–H groups in total. The molecule has 0 amide bonds. The van der Waals surface area contributed by atoms with Gasteiger partial charge in [-0.05, 0) is 44.9 Å². The fraction of sp³-hybridized carbons (Fsp3) is 0.467. The fourth-order valence-electron chi connectivity index (χ4n) is 1.61. The second-order valence-corrected chi connectivity index (χ2v) is 5.28. The topological polar surface area (TPSA) is 52.6 Å². The molecule has 0 atom stereocenters. The lowest BCUT2D eigenvalue weighted by Crippen LogP contribution is -2.24. The fourth-order valence-corrected chi connectivity index (χ4v) is 1.61. The predicted octanol–water partition coefficient (Wildman–Crippen LogP) is 2.75. The zero-order valence-corrected chi connectivity index (χ0v) is 11.9. The van der Waals surface area contributed by atoms with E-state index in [0.29, 0.717) is 18.4 Å². The van der Waals surface area contributed by atoms with E-state index in [2.05, 4.69) is 4.74 Å². The van der Waals surface area contributed by atoms with Crippen molar-refractivity contribution in [3.63, 3.8) is 0 Å². The lowest BCUT2D eigenvalue weighted by molar-refractivity contribution is -0.154. The summed E-state index contributed by atoms with van der Waals surface area (Å²) in [4.78, 5) is 23.0. The monoisotopic (exact) mass is 264 g/mol. The molecule has 0 fully saturated rings. The minimum atomic E-state index is -0.467. The summed E-state index contributed by atoms with van der Waals surface area (Å²) in [6.45, 7) is 5.51. The van der Waals surface area contributed by atoms with Gasteiger partial charge in [0.05, 0.1) is 12.7 Å².